The van der Waals surface area contributed by atoms with Crippen LogP contribution in [0.5, 0.6) is 0 Å². The van der Waals surface area contributed by atoms with E-state index in [9.17, 15) is 4.79 Å². The van der Waals surface area contributed by atoms with Gasteiger partial charge in [-0.05, 0) is 30.6 Å². The number of fused-ring (bicyclic) bond motifs is 1. The third-order valence-electron chi connectivity index (χ3n) is 5.36. The van der Waals surface area contributed by atoms with Crippen LogP contribution < -0.4 is 0 Å². The van der Waals surface area contributed by atoms with Crippen LogP contribution in [0, 0.1) is 17.8 Å². The zero-order valence-electron chi connectivity index (χ0n) is 12.8. The molecule has 6 heteroatoms. The molecular weight excluding hydrogens is 298 g/mol. The Kier molecular flexibility index (Phi) is 4.15. The maximum atomic E-state index is 12.4. The van der Waals surface area contributed by atoms with Gasteiger partial charge in [0.15, 0.2) is 0 Å². The molecule has 4 rings (SSSR count). The number of carbonyl (C=O) groups is 1. The van der Waals surface area contributed by atoms with Gasteiger partial charge in [0.25, 0.3) is 5.91 Å². The molecular formula is C16H23N3O2S. The molecule has 0 spiro atoms. The van der Waals surface area contributed by atoms with Gasteiger partial charge in [0.1, 0.15) is 5.69 Å². The molecule has 1 aromatic heterocycles. The molecule has 0 N–H and O–H groups in total. The second-order valence-electron chi connectivity index (χ2n) is 6.88. The molecule has 2 atom stereocenters. The lowest BCUT2D eigenvalue weighted by Gasteiger charge is -2.28. The van der Waals surface area contributed by atoms with Crippen LogP contribution in [0.15, 0.2) is 10.9 Å². The van der Waals surface area contributed by atoms with Crippen molar-refractivity contribution in [3.05, 3.63) is 16.6 Å². The summed E-state index contributed by atoms with van der Waals surface area (Å²) in [4.78, 5) is 21.2. The zero-order valence-corrected chi connectivity index (χ0v) is 13.6. The minimum atomic E-state index is 0.117. The maximum Gasteiger partial charge on any atom is 0.273 e. The number of likely N-dealkylation sites (tertiary alicyclic amines) is 2. The van der Waals surface area contributed by atoms with Crippen LogP contribution in [-0.2, 0) is 4.74 Å². The summed E-state index contributed by atoms with van der Waals surface area (Å²) in [5.74, 6) is 2.23. The van der Waals surface area contributed by atoms with E-state index in [1.807, 2.05) is 10.3 Å². The zero-order chi connectivity index (χ0) is 14.9. The molecule has 3 fully saturated rings. The molecule has 5 nitrogen and oxygen atoms in total. The first-order valence-corrected chi connectivity index (χ1v) is 9.21. The normalized spacial score (nSPS) is 29.9. The van der Waals surface area contributed by atoms with Crippen LogP contribution in [0.2, 0.25) is 0 Å². The third kappa shape index (κ3) is 2.92. The fraction of sp³-hybridized carbons (Fsp3) is 0.750. The Bertz CT molecular complexity index is 501. The van der Waals surface area contributed by atoms with Gasteiger partial charge in [-0.25, -0.2) is 4.98 Å². The molecule has 0 aliphatic carbocycles. The average molecular weight is 321 g/mol. The molecule has 1 aromatic rings. The second-order valence-corrected chi connectivity index (χ2v) is 7.60. The molecule has 120 valence electrons. The van der Waals surface area contributed by atoms with Gasteiger partial charge in [-0.2, -0.15) is 0 Å². The Morgan fingerprint density at radius 3 is 2.59 bits per heavy atom. The van der Waals surface area contributed by atoms with Crippen molar-refractivity contribution in [1.29, 1.82) is 0 Å². The summed E-state index contributed by atoms with van der Waals surface area (Å²) in [6.45, 7) is 7.21. The molecule has 0 aromatic carbocycles. The van der Waals surface area contributed by atoms with Gasteiger partial charge < -0.3 is 14.5 Å². The number of thiazole rings is 1. The van der Waals surface area contributed by atoms with E-state index >= 15 is 0 Å². The van der Waals surface area contributed by atoms with Crippen molar-refractivity contribution < 1.29 is 9.53 Å². The highest BCUT2D eigenvalue weighted by Crippen LogP contribution is 2.33. The minimum Gasteiger partial charge on any atom is -0.381 e. The second kappa shape index (κ2) is 6.26. The molecule has 0 saturated carbocycles. The largest absolute Gasteiger partial charge is 0.381 e. The van der Waals surface area contributed by atoms with Crippen LogP contribution in [-0.4, -0.2) is 66.6 Å². The van der Waals surface area contributed by atoms with Crippen molar-refractivity contribution in [3.8, 4) is 0 Å². The summed E-state index contributed by atoms with van der Waals surface area (Å²) >= 11 is 1.49. The molecule has 0 unspecified atom stereocenters. The lowest BCUT2D eigenvalue weighted by molar-refractivity contribution is 0.0536. The third-order valence-corrected chi connectivity index (χ3v) is 5.94. The van der Waals surface area contributed by atoms with Gasteiger partial charge in [0.05, 0.1) is 5.51 Å². The van der Waals surface area contributed by atoms with Crippen molar-refractivity contribution >= 4 is 17.2 Å². The van der Waals surface area contributed by atoms with E-state index in [0.29, 0.717) is 17.5 Å². The highest BCUT2D eigenvalue weighted by Gasteiger charge is 2.42. The Morgan fingerprint density at radius 2 is 1.95 bits per heavy atom. The first-order chi connectivity index (χ1) is 10.8. The van der Waals surface area contributed by atoms with Crippen LogP contribution in [0.4, 0.5) is 0 Å². The number of carbonyl (C=O) groups excluding carboxylic acids is 1. The van der Waals surface area contributed by atoms with Crippen LogP contribution in [0.3, 0.4) is 0 Å². The van der Waals surface area contributed by atoms with Gasteiger partial charge in [-0.1, -0.05) is 0 Å². The van der Waals surface area contributed by atoms with Crippen molar-refractivity contribution in [1.82, 2.24) is 14.8 Å². The Labute approximate surface area is 135 Å². The number of amides is 1. The number of hydrogen-bond acceptors (Lipinski definition) is 5. The predicted molar refractivity (Wildman–Crippen MR) is 85.0 cm³/mol. The number of aromatic nitrogens is 1. The molecule has 3 aliphatic heterocycles. The molecule has 3 saturated heterocycles. The molecule has 1 amide bonds. The number of nitrogens with zero attached hydrogens (tertiary/aromatic N) is 3. The first-order valence-electron chi connectivity index (χ1n) is 8.27. The summed E-state index contributed by atoms with van der Waals surface area (Å²) in [5, 5.41) is 1.86. The highest BCUT2D eigenvalue weighted by atomic mass is 32.1. The lowest BCUT2D eigenvalue weighted by atomic mass is 10.00. The lowest BCUT2D eigenvalue weighted by Crippen LogP contribution is -2.36. The van der Waals surface area contributed by atoms with Crippen LogP contribution in [0.25, 0.3) is 0 Å². The average Bonchev–Trinajstić information content (AvgIpc) is 3.23. The van der Waals surface area contributed by atoms with Gasteiger partial charge in [0, 0.05) is 51.3 Å². The quantitative estimate of drug-likeness (QED) is 0.848. The number of hydrogen-bond donors (Lipinski definition) is 0. The molecule has 3 aliphatic rings. The monoisotopic (exact) mass is 321 g/mol. The van der Waals surface area contributed by atoms with Crippen LogP contribution >= 0.6 is 11.3 Å². The summed E-state index contributed by atoms with van der Waals surface area (Å²) < 4.78 is 5.45. The first kappa shape index (κ1) is 14.6. The van der Waals surface area contributed by atoms with Crippen molar-refractivity contribution in [3.63, 3.8) is 0 Å². The van der Waals surface area contributed by atoms with Crippen LogP contribution in [0.1, 0.15) is 23.3 Å². The predicted octanol–water partition coefficient (Wildman–Crippen LogP) is 1.57. The van der Waals surface area contributed by atoms with E-state index < -0.39 is 0 Å². The van der Waals surface area contributed by atoms with E-state index in [1.165, 1.54) is 30.7 Å². The highest BCUT2D eigenvalue weighted by molar-refractivity contribution is 7.07. The SMILES string of the molecule is O=C(c1cscn1)N1C[C@H]2CN(CC3CCOCC3)C[C@H]2C1. The molecule has 22 heavy (non-hydrogen) atoms. The van der Waals surface area contributed by atoms with Gasteiger partial charge in [0.2, 0.25) is 0 Å². The summed E-state index contributed by atoms with van der Waals surface area (Å²) in [7, 11) is 0. The standard InChI is InChI=1S/C16H23N3O2S/c20-16(15-10-22-11-17-15)19-8-13-6-18(7-14(13)9-19)5-12-1-3-21-4-2-12/h10-14H,1-9H2/t13-,14+. The smallest absolute Gasteiger partial charge is 0.273 e. The van der Waals surface area contributed by atoms with Gasteiger partial charge in [-0.3, -0.25) is 4.79 Å². The summed E-state index contributed by atoms with van der Waals surface area (Å²) in [5.41, 5.74) is 2.35. The topological polar surface area (TPSA) is 45.7 Å². The van der Waals surface area contributed by atoms with E-state index in [4.69, 9.17) is 4.74 Å². The minimum absolute atomic E-state index is 0.117. The van der Waals surface area contributed by atoms with E-state index in [0.717, 1.165) is 45.3 Å². The number of rotatable bonds is 3. The Morgan fingerprint density at radius 1 is 1.23 bits per heavy atom. The van der Waals surface area contributed by atoms with Crippen molar-refractivity contribution in [2.45, 2.75) is 12.8 Å². The van der Waals surface area contributed by atoms with E-state index in [1.54, 1.807) is 5.51 Å². The van der Waals surface area contributed by atoms with Crippen molar-refractivity contribution in [2.24, 2.45) is 17.8 Å². The van der Waals surface area contributed by atoms with Gasteiger partial charge in [-0.15, -0.1) is 11.3 Å². The summed E-state index contributed by atoms with van der Waals surface area (Å²) in [6, 6.07) is 0. The fourth-order valence-electron chi connectivity index (χ4n) is 4.18. The van der Waals surface area contributed by atoms with Gasteiger partial charge >= 0.3 is 0 Å². The van der Waals surface area contributed by atoms with E-state index in [-0.39, 0.29) is 5.91 Å². The van der Waals surface area contributed by atoms with Crippen molar-refractivity contribution in [2.75, 3.05) is 45.9 Å². The molecule has 4 heterocycles. The summed E-state index contributed by atoms with van der Waals surface area (Å²) in [6.07, 6.45) is 2.42. The number of ether oxygens (including phenoxy) is 1. The molecule has 0 bridgehead atoms. The molecule has 0 radical (unpaired) electrons. The fourth-order valence-corrected chi connectivity index (χ4v) is 4.71. The van der Waals surface area contributed by atoms with E-state index in [2.05, 4.69) is 9.88 Å². The maximum absolute atomic E-state index is 12.4. The Balaban J connectivity index is 1.30. The Hall–Kier alpha value is -0.980.